The third kappa shape index (κ3) is 2.55. The van der Waals surface area contributed by atoms with Gasteiger partial charge in [-0.25, -0.2) is 4.98 Å². The molecule has 0 fully saturated rings. The minimum atomic E-state index is -0.480. The minimum absolute atomic E-state index is 0.384. The van der Waals surface area contributed by atoms with Crippen molar-refractivity contribution in [2.45, 2.75) is 12.8 Å². The van der Waals surface area contributed by atoms with Crippen LogP contribution in [0.1, 0.15) is 18.5 Å². The van der Waals surface area contributed by atoms with Gasteiger partial charge in [-0.3, -0.25) is 9.20 Å². The first-order valence-electron chi connectivity index (χ1n) is 8.01. The number of pyridine rings is 1. The molecule has 0 aliphatic heterocycles. The van der Waals surface area contributed by atoms with Crippen molar-refractivity contribution >= 4 is 34.1 Å². The van der Waals surface area contributed by atoms with Gasteiger partial charge in [0.25, 0.3) is 0 Å². The molecule has 4 rings (SSSR count). The Morgan fingerprint density at radius 2 is 1.80 bits per heavy atom. The van der Waals surface area contributed by atoms with Crippen molar-refractivity contribution in [2.24, 2.45) is 5.73 Å². The van der Waals surface area contributed by atoms with E-state index in [9.17, 15) is 4.79 Å². The number of imidazole rings is 1. The van der Waals surface area contributed by atoms with Gasteiger partial charge in [-0.1, -0.05) is 41.9 Å². The quantitative estimate of drug-likeness (QED) is 0.596. The summed E-state index contributed by atoms with van der Waals surface area (Å²) in [4.78, 5) is 16.8. The van der Waals surface area contributed by atoms with Crippen LogP contribution < -0.4 is 5.73 Å². The van der Waals surface area contributed by atoms with Crippen LogP contribution in [-0.4, -0.2) is 15.3 Å². The van der Waals surface area contributed by atoms with E-state index >= 15 is 0 Å². The summed E-state index contributed by atoms with van der Waals surface area (Å²) in [6, 6.07) is 19.5. The van der Waals surface area contributed by atoms with Crippen molar-refractivity contribution in [3.05, 3.63) is 71.4 Å². The third-order valence-corrected chi connectivity index (χ3v) is 4.74. The summed E-state index contributed by atoms with van der Waals surface area (Å²) < 4.78 is 2.02. The van der Waals surface area contributed by atoms with Crippen molar-refractivity contribution < 1.29 is 4.79 Å². The highest BCUT2D eigenvalue weighted by molar-refractivity contribution is 6.30. The van der Waals surface area contributed by atoms with Gasteiger partial charge in [0.1, 0.15) is 5.65 Å². The van der Waals surface area contributed by atoms with Gasteiger partial charge in [-0.05, 0) is 42.6 Å². The molecule has 124 valence electrons. The van der Waals surface area contributed by atoms with Gasteiger partial charge in [0.2, 0.25) is 5.91 Å². The van der Waals surface area contributed by atoms with Crippen LogP contribution in [0, 0.1) is 0 Å². The molecule has 0 aliphatic rings. The molecular weight excluding hydrogens is 334 g/mol. The lowest BCUT2D eigenvalue weighted by atomic mass is 10.0. The summed E-state index contributed by atoms with van der Waals surface area (Å²) in [6.45, 7) is 1.81. The maximum atomic E-state index is 12.0. The minimum Gasteiger partial charge on any atom is -0.369 e. The highest BCUT2D eigenvalue weighted by atomic mass is 35.5. The molecule has 2 aromatic carbocycles. The lowest BCUT2D eigenvalue weighted by molar-refractivity contribution is -0.119. The largest absolute Gasteiger partial charge is 0.369 e. The van der Waals surface area contributed by atoms with Gasteiger partial charge < -0.3 is 5.73 Å². The lowest BCUT2D eigenvalue weighted by Crippen LogP contribution is -2.20. The Kier molecular flexibility index (Phi) is 3.70. The second-order valence-electron chi connectivity index (χ2n) is 6.06. The normalized spacial score (nSPS) is 12.6. The van der Waals surface area contributed by atoms with E-state index in [1.54, 1.807) is 0 Å². The number of nitrogens with zero attached hydrogens (tertiary/aromatic N) is 2. The molecule has 0 bridgehead atoms. The molecule has 25 heavy (non-hydrogen) atoms. The Labute approximate surface area is 149 Å². The number of hydrogen-bond acceptors (Lipinski definition) is 2. The Balaban J connectivity index is 2.12. The molecule has 5 heteroatoms. The fraction of sp³-hybridized carbons (Fsp3) is 0.100. The standard InChI is InChI=1S/C20H16ClN3O/c1-12(20(22)25)19-18(14-6-9-15(21)10-7-14)23-17-11-8-13-4-2-3-5-16(13)24(17)19/h2-12H,1H3,(H2,22,25). The van der Waals surface area contributed by atoms with E-state index in [4.69, 9.17) is 22.3 Å². The van der Waals surface area contributed by atoms with Gasteiger partial charge in [0.05, 0.1) is 22.8 Å². The molecule has 0 saturated heterocycles. The van der Waals surface area contributed by atoms with E-state index in [1.165, 1.54) is 0 Å². The van der Waals surface area contributed by atoms with Crippen LogP contribution in [0.15, 0.2) is 60.7 Å². The number of nitrogens with two attached hydrogens (primary N) is 1. The Morgan fingerprint density at radius 1 is 1.08 bits per heavy atom. The maximum absolute atomic E-state index is 12.0. The zero-order valence-corrected chi connectivity index (χ0v) is 14.4. The summed E-state index contributed by atoms with van der Waals surface area (Å²) in [6.07, 6.45) is 0. The number of aromatic nitrogens is 2. The van der Waals surface area contributed by atoms with Crippen LogP contribution in [0.3, 0.4) is 0 Å². The Hall–Kier alpha value is -2.85. The number of primary amides is 1. The molecule has 2 N–H and O–H groups in total. The molecule has 0 radical (unpaired) electrons. The molecule has 0 saturated carbocycles. The number of fused-ring (bicyclic) bond motifs is 3. The maximum Gasteiger partial charge on any atom is 0.226 e. The molecule has 4 aromatic rings. The summed E-state index contributed by atoms with van der Waals surface area (Å²) in [5.41, 5.74) is 9.86. The van der Waals surface area contributed by atoms with Crippen molar-refractivity contribution in [1.82, 2.24) is 9.38 Å². The van der Waals surface area contributed by atoms with Crippen molar-refractivity contribution in [3.8, 4) is 11.3 Å². The molecule has 1 unspecified atom stereocenters. The van der Waals surface area contributed by atoms with E-state index in [0.29, 0.717) is 5.02 Å². The van der Waals surface area contributed by atoms with Gasteiger partial charge >= 0.3 is 0 Å². The second kappa shape index (κ2) is 5.90. The fourth-order valence-electron chi connectivity index (χ4n) is 3.17. The number of benzene rings is 2. The third-order valence-electron chi connectivity index (χ3n) is 4.48. The van der Waals surface area contributed by atoms with E-state index in [1.807, 2.05) is 72.0 Å². The summed E-state index contributed by atoms with van der Waals surface area (Å²) >= 11 is 6.01. The lowest BCUT2D eigenvalue weighted by Gasteiger charge is -2.12. The summed E-state index contributed by atoms with van der Waals surface area (Å²) in [5, 5.41) is 1.73. The van der Waals surface area contributed by atoms with Crippen LogP contribution in [0.5, 0.6) is 0 Å². The molecule has 0 spiro atoms. The zero-order chi connectivity index (χ0) is 17.6. The highest BCUT2D eigenvalue weighted by Gasteiger charge is 2.24. The van der Waals surface area contributed by atoms with Gasteiger partial charge in [-0.2, -0.15) is 0 Å². The number of carbonyl (C=O) groups is 1. The highest BCUT2D eigenvalue weighted by Crippen LogP contribution is 2.33. The van der Waals surface area contributed by atoms with Crippen LogP contribution in [-0.2, 0) is 4.79 Å². The fourth-order valence-corrected chi connectivity index (χ4v) is 3.29. The topological polar surface area (TPSA) is 60.4 Å². The van der Waals surface area contributed by atoms with Crippen molar-refractivity contribution in [3.63, 3.8) is 0 Å². The van der Waals surface area contributed by atoms with Crippen molar-refractivity contribution in [1.29, 1.82) is 0 Å². The van der Waals surface area contributed by atoms with E-state index in [0.717, 1.165) is 33.5 Å². The van der Waals surface area contributed by atoms with Gasteiger partial charge in [-0.15, -0.1) is 0 Å². The SMILES string of the molecule is CC(C(N)=O)c1c(-c2ccc(Cl)cc2)nc2ccc3ccccc3n12. The monoisotopic (exact) mass is 349 g/mol. The zero-order valence-electron chi connectivity index (χ0n) is 13.6. The predicted molar refractivity (Wildman–Crippen MR) is 101 cm³/mol. The first-order valence-corrected chi connectivity index (χ1v) is 8.39. The second-order valence-corrected chi connectivity index (χ2v) is 6.50. The number of hydrogen-bond donors (Lipinski definition) is 1. The molecule has 4 nitrogen and oxygen atoms in total. The Bertz CT molecular complexity index is 1100. The first-order chi connectivity index (χ1) is 12.1. The van der Waals surface area contributed by atoms with Crippen LogP contribution in [0.2, 0.25) is 5.02 Å². The number of amides is 1. The molecule has 2 heterocycles. The average Bonchev–Trinajstić information content (AvgIpc) is 3.01. The number of para-hydroxylation sites is 1. The van der Waals surface area contributed by atoms with Crippen LogP contribution >= 0.6 is 11.6 Å². The predicted octanol–water partition coefficient (Wildman–Crippen LogP) is 4.40. The summed E-state index contributed by atoms with van der Waals surface area (Å²) in [5.74, 6) is -0.864. The smallest absolute Gasteiger partial charge is 0.226 e. The summed E-state index contributed by atoms with van der Waals surface area (Å²) in [7, 11) is 0. The molecule has 1 atom stereocenters. The number of rotatable bonds is 3. The van der Waals surface area contributed by atoms with Gasteiger partial charge in [0.15, 0.2) is 0 Å². The molecule has 0 aliphatic carbocycles. The Morgan fingerprint density at radius 3 is 2.52 bits per heavy atom. The number of carbonyl (C=O) groups excluding carboxylic acids is 1. The molecule has 1 amide bonds. The first kappa shape index (κ1) is 15.7. The van der Waals surface area contributed by atoms with E-state index in [-0.39, 0.29) is 5.91 Å². The van der Waals surface area contributed by atoms with Gasteiger partial charge in [0, 0.05) is 10.6 Å². The number of halogens is 1. The van der Waals surface area contributed by atoms with E-state index in [2.05, 4.69) is 0 Å². The van der Waals surface area contributed by atoms with Crippen LogP contribution in [0.4, 0.5) is 0 Å². The molecular formula is C20H16ClN3O. The van der Waals surface area contributed by atoms with Crippen molar-refractivity contribution in [2.75, 3.05) is 0 Å². The van der Waals surface area contributed by atoms with Crippen LogP contribution in [0.25, 0.3) is 27.8 Å². The molecule has 2 aromatic heterocycles. The average molecular weight is 350 g/mol. The van der Waals surface area contributed by atoms with E-state index < -0.39 is 5.92 Å².